The van der Waals surface area contributed by atoms with Gasteiger partial charge in [-0.3, -0.25) is 9.67 Å². The van der Waals surface area contributed by atoms with Crippen LogP contribution in [0.1, 0.15) is 11.3 Å². The Morgan fingerprint density at radius 1 is 1.33 bits per heavy atom. The van der Waals surface area contributed by atoms with Crippen molar-refractivity contribution in [2.24, 2.45) is 7.05 Å². The van der Waals surface area contributed by atoms with Gasteiger partial charge in [-0.05, 0) is 25.5 Å². The first-order valence-corrected chi connectivity index (χ1v) is 3.94. The number of rotatable bonds is 0. The molecule has 2 aromatic heterocycles. The molecule has 2 aromatic rings. The van der Waals surface area contributed by atoms with E-state index in [1.165, 1.54) is 0 Å². The maximum atomic E-state index is 4.33. The third kappa shape index (κ3) is 0.897. The van der Waals surface area contributed by atoms with E-state index in [1.54, 1.807) is 0 Å². The van der Waals surface area contributed by atoms with Crippen molar-refractivity contribution in [1.82, 2.24) is 14.8 Å². The van der Waals surface area contributed by atoms with Crippen LogP contribution in [0.25, 0.3) is 11.0 Å². The molecular weight excluding hydrogens is 150 g/mol. The number of hydrogen-bond donors (Lipinski definition) is 0. The van der Waals surface area contributed by atoms with Crippen molar-refractivity contribution in [3.05, 3.63) is 23.5 Å². The normalized spacial score (nSPS) is 10.9. The van der Waals surface area contributed by atoms with E-state index in [2.05, 4.69) is 16.1 Å². The summed E-state index contributed by atoms with van der Waals surface area (Å²) in [4.78, 5) is 4.32. The Morgan fingerprint density at radius 2 is 2.08 bits per heavy atom. The van der Waals surface area contributed by atoms with Crippen LogP contribution in [0.4, 0.5) is 0 Å². The molecule has 2 rings (SSSR count). The summed E-state index contributed by atoms with van der Waals surface area (Å²) in [6.07, 6.45) is 1.87. The third-order valence-corrected chi connectivity index (χ3v) is 2.09. The summed E-state index contributed by atoms with van der Waals surface area (Å²) in [7, 11) is 1.94. The van der Waals surface area contributed by atoms with Gasteiger partial charge >= 0.3 is 0 Å². The average Bonchev–Trinajstić information content (AvgIpc) is 2.28. The molecule has 0 spiro atoms. The van der Waals surface area contributed by atoms with Crippen molar-refractivity contribution < 1.29 is 0 Å². The Balaban J connectivity index is 2.87. The summed E-state index contributed by atoms with van der Waals surface area (Å²) < 4.78 is 1.86. The fourth-order valence-electron chi connectivity index (χ4n) is 1.30. The van der Waals surface area contributed by atoms with Gasteiger partial charge in [-0.25, -0.2) is 0 Å². The molecule has 0 saturated heterocycles. The summed E-state index contributed by atoms with van der Waals surface area (Å²) in [6, 6.07) is 2.05. The summed E-state index contributed by atoms with van der Waals surface area (Å²) in [6.45, 7) is 4.05. The smallest absolute Gasteiger partial charge is 0.111 e. The van der Waals surface area contributed by atoms with E-state index in [0.29, 0.717) is 0 Å². The Bertz CT molecular complexity index is 429. The lowest BCUT2D eigenvalue weighted by atomic mass is 10.2. The Labute approximate surface area is 71.0 Å². The molecule has 2 heterocycles. The second kappa shape index (κ2) is 2.30. The van der Waals surface area contributed by atoms with Gasteiger partial charge in [0.1, 0.15) is 11.0 Å². The first kappa shape index (κ1) is 7.28. The van der Waals surface area contributed by atoms with Crippen LogP contribution in [0, 0.1) is 13.8 Å². The lowest BCUT2D eigenvalue weighted by Crippen LogP contribution is -1.91. The van der Waals surface area contributed by atoms with E-state index in [0.717, 1.165) is 22.3 Å². The van der Waals surface area contributed by atoms with Crippen molar-refractivity contribution in [2.75, 3.05) is 0 Å². The number of fused-ring (bicyclic) bond motifs is 1. The Kier molecular flexibility index (Phi) is 1.40. The van der Waals surface area contributed by atoms with Gasteiger partial charge in [-0.2, -0.15) is 5.10 Å². The summed E-state index contributed by atoms with van der Waals surface area (Å²) in [5.74, 6) is 0. The second-order valence-corrected chi connectivity index (χ2v) is 3.09. The number of hydrogen-bond acceptors (Lipinski definition) is 2. The highest BCUT2D eigenvalue weighted by atomic mass is 15.3. The van der Waals surface area contributed by atoms with Crippen LogP contribution < -0.4 is 0 Å². The standard InChI is InChI=1S/C9H11N3/c1-6-4-8-9(10-5-6)7(2)12(3)11-8/h4-5H,1-3H3. The minimum Gasteiger partial charge on any atom is -0.270 e. The molecule has 62 valence electrons. The molecule has 0 aromatic carbocycles. The molecule has 0 aliphatic carbocycles. The number of nitrogens with zero attached hydrogens (tertiary/aromatic N) is 3. The zero-order valence-electron chi connectivity index (χ0n) is 7.50. The monoisotopic (exact) mass is 161 g/mol. The maximum Gasteiger partial charge on any atom is 0.111 e. The topological polar surface area (TPSA) is 30.7 Å². The molecule has 0 radical (unpaired) electrons. The molecule has 0 N–H and O–H groups in total. The Hall–Kier alpha value is -1.38. The SMILES string of the molecule is Cc1cnc2c(C)n(C)nc2c1. The number of aryl methyl sites for hydroxylation is 3. The van der Waals surface area contributed by atoms with Crippen molar-refractivity contribution in [1.29, 1.82) is 0 Å². The van der Waals surface area contributed by atoms with Gasteiger partial charge in [0.25, 0.3) is 0 Å². The fraction of sp³-hybridized carbons (Fsp3) is 0.333. The highest BCUT2D eigenvalue weighted by molar-refractivity contribution is 5.77. The van der Waals surface area contributed by atoms with Gasteiger partial charge in [0.2, 0.25) is 0 Å². The largest absolute Gasteiger partial charge is 0.270 e. The second-order valence-electron chi connectivity index (χ2n) is 3.09. The van der Waals surface area contributed by atoms with Crippen molar-refractivity contribution in [3.63, 3.8) is 0 Å². The molecule has 0 saturated carbocycles. The molecule has 0 unspecified atom stereocenters. The minimum absolute atomic E-state index is 0.981. The van der Waals surface area contributed by atoms with E-state index in [-0.39, 0.29) is 0 Å². The molecule has 12 heavy (non-hydrogen) atoms. The minimum atomic E-state index is 0.981. The maximum absolute atomic E-state index is 4.33. The molecule has 0 amide bonds. The van der Waals surface area contributed by atoms with E-state index in [4.69, 9.17) is 0 Å². The first-order chi connectivity index (χ1) is 5.68. The zero-order chi connectivity index (χ0) is 8.72. The van der Waals surface area contributed by atoms with Crippen LogP contribution in [0.3, 0.4) is 0 Å². The zero-order valence-corrected chi connectivity index (χ0v) is 7.50. The van der Waals surface area contributed by atoms with E-state index in [9.17, 15) is 0 Å². The molecule has 3 heteroatoms. The quantitative estimate of drug-likeness (QED) is 0.587. The van der Waals surface area contributed by atoms with Crippen LogP contribution >= 0.6 is 0 Å². The predicted molar refractivity (Wildman–Crippen MR) is 48.0 cm³/mol. The molecule has 0 atom stereocenters. The summed E-state index contributed by atoms with van der Waals surface area (Å²) in [5, 5.41) is 4.33. The molecule has 0 aliphatic heterocycles. The molecule has 0 fully saturated rings. The lowest BCUT2D eigenvalue weighted by Gasteiger charge is -1.91. The molecule has 0 bridgehead atoms. The first-order valence-electron chi connectivity index (χ1n) is 3.94. The van der Waals surface area contributed by atoms with E-state index >= 15 is 0 Å². The highest BCUT2D eigenvalue weighted by Crippen LogP contribution is 2.14. The van der Waals surface area contributed by atoms with Crippen LogP contribution in [-0.2, 0) is 7.05 Å². The lowest BCUT2D eigenvalue weighted by molar-refractivity contribution is 0.750. The van der Waals surface area contributed by atoms with Crippen molar-refractivity contribution in [2.45, 2.75) is 13.8 Å². The Morgan fingerprint density at radius 3 is 2.83 bits per heavy atom. The van der Waals surface area contributed by atoms with Gasteiger partial charge < -0.3 is 0 Å². The van der Waals surface area contributed by atoms with Crippen molar-refractivity contribution in [3.8, 4) is 0 Å². The molecule has 0 aliphatic rings. The van der Waals surface area contributed by atoms with E-state index in [1.807, 2.05) is 31.8 Å². The van der Waals surface area contributed by atoms with Crippen molar-refractivity contribution >= 4 is 11.0 Å². The van der Waals surface area contributed by atoms with Gasteiger partial charge in [0.05, 0.1) is 5.69 Å². The fourth-order valence-corrected chi connectivity index (χ4v) is 1.30. The van der Waals surface area contributed by atoms with Gasteiger partial charge in [0.15, 0.2) is 0 Å². The van der Waals surface area contributed by atoms with Crippen LogP contribution in [-0.4, -0.2) is 14.8 Å². The van der Waals surface area contributed by atoms with Crippen LogP contribution in [0.15, 0.2) is 12.3 Å². The van der Waals surface area contributed by atoms with Gasteiger partial charge in [-0.1, -0.05) is 0 Å². The highest BCUT2D eigenvalue weighted by Gasteiger charge is 2.04. The predicted octanol–water partition coefficient (Wildman–Crippen LogP) is 1.59. The summed E-state index contributed by atoms with van der Waals surface area (Å²) in [5.41, 5.74) is 4.25. The number of pyridine rings is 1. The average molecular weight is 161 g/mol. The van der Waals surface area contributed by atoms with E-state index < -0.39 is 0 Å². The molecule has 3 nitrogen and oxygen atoms in total. The van der Waals surface area contributed by atoms with Gasteiger partial charge in [0, 0.05) is 13.2 Å². The number of aromatic nitrogens is 3. The summed E-state index contributed by atoms with van der Waals surface area (Å²) >= 11 is 0. The van der Waals surface area contributed by atoms with Crippen LogP contribution in [0.5, 0.6) is 0 Å². The third-order valence-electron chi connectivity index (χ3n) is 2.09. The molecular formula is C9H11N3. The van der Waals surface area contributed by atoms with Gasteiger partial charge in [-0.15, -0.1) is 0 Å². The van der Waals surface area contributed by atoms with Crippen LogP contribution in [0.2, 0.25) is 0 Å².